The predicted octanol–water partition coefficient (Wildman–Crippen LogP) is 3.90. The number of halogens is 2. The fraction of sp³-hybridized carbons (Fsp3) is 0. The molecule has 0 saturated carbocycles. The molecule has 0 aliphatic carbocycles. The summed E-state index contributed by atoms with van der Waals surface area (Å²) in [6, 6.07) is 17.8. The Balaban J connectivity index is 2.03. The standard InChI is InChI=1S/C18H12F2O4S2/c19-13-1-7-16(8-2-13)25(17-9-3-14(20)4-10-17)18-11-5-15(6-12-18)24-26(21,22)23/h1-12H. The predicted molar refractivity (Wildman–Crippen MR) is 91.7 cm³/mol. The molecular weight excluding hydrogens is 382 g/mol. The van der Waals surface area contributed by atoms with Gasteiger partial charge in [0.2, 0.25) is 0 Å². The Labute approximate surface area is 152 Å². The molecule has 0 atom stereocenters. The zero-order valence-electron chi connectivity index (χ0n) is 13.1. The molecule has 0 aliphatic rings. The van der Waals surface area contributed by atoms with E-state index in [1.54, 1.807) is 36.4 Å². The van der Waals surface area contributed by atoms with Crippen molar-refractivity contribution in [3.63, 3.8) is 0 Å². The van der Waals surface area contributed by atoms with Gasteiger partial charge in [-0.25, -0.2) is 17.2 Å². The van der Waals surface area contributed by atoms with Gasteiger partial charge in [0, 0.05) is 0 Å². The first-order chi connectivity index (χ1) is 12.3. The Morgan fingerprint density at radius 3 is 1.38 bits per heavy atom. The van der Waals surface area contributed by atoms with Crippen LogP contribution in [0, 0.1) is 11.6 Å². The number of rotatable bonds is 5. The molecule has 0 fully saturated rings. The smallest absolute Gasteiger partial charge is 0.262 e. The zero-order valence-corrected chi connectivity index (χ0v) is 14.8. The van der Waals surface area contributed by atoms with Gasteiger partial charge in [0.15, 0.2) is 14.7 Å². The monoisotopic (exact) mass is 394 g/mol. The molecule has 0 heterocycles. The highest BCUT2D eigenvalue weighted by Gasteiger charge is 2.28. The second-order valence-electron chi connectivity index (χ2n) is 5.18. The molecule has 0 unspecified atom stereocenters. The zero-order chi connectivity index (χ0) is 18.7. The summed E-state index contributed by atoms with van der Waals surface area (Å²) in [6.45, 7) is 0. The second-order valence-corrected chi connectivity index (χ2v) is 8.19. The normalized spacial score (nSPS) is 11.5. The van der Waals surface area contributed by atoms with E-state index in [0.717, 1.165) is 14.7 Å². The Morgan fingerprint density at radius 2 is 1.04 bits per heavy atom. The van der Waals surface area contributed by atoms with Crippen molar-refractivity contribution in [2.24, 2.45) is 0 Å². The van der Waals surface area contributed by atoms with Gasteiger partial charge in [-0.3, -0.25) is 0 Å². The first-order valence-electron chi connectivity index (χ1n) is 7.33. The maximum atomic E-state index is 13.3. The minimum Gasteiger partial charge on any atom is -0.716 e. The van der Waals surface area contributed by atoms with Crippen LogP contribution >= 0.6 is 0 Å². The van der Waals surface area contributed by atoms with Gasteiger partial charge < -0.3 is 8.74 Å². The molecular formula is C18H12F2O4S2. The molecule has 0 bridgehead atoms. The topological polar surface area (TPSA) is 66.4 Å². The molecule has 134 valence electrons. The highest BCUT2D eigenvalue weighted by atomic mass is 32.3. The van der Waals surface area contributed by atoms with Crippen LogP contribution in [0.25, 0.3) is 0 Å². The van der Waals surface area contributed by atoms with Gasteiger partial charge in [-0.1, -0.05) is 0 Å². The van der Waals surface area contributed by atoms with Crippen molar-refractivity contribution in [2.45, 2.75) is 14.7 Å². The van der Waals surface area contributed by atoms with Crippen molar-refractivity contribution in [1.29, 1.82) is 0 Å². The number of benzene rings is 3. The Bertz CT molecular complexity index is 941. The van der Waals surface area contributed by atoms with Gasteiger partial charge in [0.05, 0.1) is 10.9 Å². The van der Waals surface area contributed by atoms with Gasteiger partial charge in [-0.2, -0.15) is 0 Å². The van der Waals surface area contributed by atoms with Crippen molar-refractivity contribution >= 4 is 21.3 Å². The van der Waals surface area contributed by atoms with Crippen LogP contribution in [0.2, 0.25) is 0 Å². The second kappa shape index (κ2) is 7.45. The first-order valence-corrected chi connectivity index (χ1v) is 9.88. The minimum atomic E-state index is -4.86. The summed E-state index contributed by atoms with van der Waals surface area (Å²) in [5.74, 6) is -0.855. The highest BCUT2D eigenvalue weighted by molar-refractivity contribution is 7.97. The fourth-order valence-electron chi connectivity index (χ4n) is 2.30. The lowest BCUT2D eigenvalue weighted by molar-refractivity contribution is 0.372. The third-order valence-electron chi connectivity index (χ3n) is 3.36. The lowest BCUT2D eigenvalue weighted by atomic mass is 10.3. The van der Waals surface area contributed by atoms with E-state index < -0.39 is 21.3 Å². The van der Waals surface area contributed by atoms with E-state index in [1.165, 1.54) is 36.4 Å². The molecule has 8 heteroatoms. The van der Waals surface area contributed by atoms with Crippen LogP contribution in [0.3, 0.4) is 0 Å². The molecule has 3 rings (SSSR count). The van der Waals surface area contributed by atoms with Crippen LogP contribution in [0.1, 0.15) is 0 Å². The van der Waals surface area contributed by atoms with Gasteiger partial charge in [0.1, 0.15) is 17.4 Å². The van der Waals surface area contributed by atoms with E-state index >= 15 is 0 Å². The third kappa shape index (κ3) is 4.60. The fourth-order valence-corrected chi connectivity index (χ4v) is 4.69. The van der Waals surface area contributed by atoms with Crippen molar-refractivity contribution < 1.29 is 25.9 Å². The molecule has 0 saturated heterocycles. The third-order valence-corrected chi connectivity index (χ3v) is 5.98. The summed E-state index contributed by atoms with van der Waals surface area (Å²) in [7, 11) is -5.53. The van der Waals surface area contributed by atoms with E-state index in [-0.39, 0.29) is 17.4 Å². The molecule has 4 nitrogen and oxygen atoms in total. The lowest BCUT2D eigenvalue weighted by Crippen LogP contribution is -2.08. The van der Waals surface area contributed by atoms with Crippen molar-refractivity contribution in [1.82, 2.24) is 0 Å². The molecule has 0 N–H and O–H groups in total. The summed E-state index contributed by atoms with van der Waals surface area (Å²) in [5, 5.41) is 0. The number of hydrogen-bond acceptors (Lipinski definition) is 4. The molecule has 0 amide bonds. The van der Waals surface area contributed by atoms with Gasteiger partial charge in [0.25, 0.3) is 10.4 Å². The van der Waals surface area contributed by atoms with Crippen LogP contribution < -0.4 is 4.18 Å². The Kier molecular flexibility index (Phi) is 5.26. The molecule has 0 radical (unpaired) electrons. The van der Waals surface area contributed by atoms with E-state index in [2.05, 4.69) is 4.18 Å². The average molecular weight is 394 g/mol. The number of hydrogen-bond donors (Lipinski definition) is 0. The van der Waals surface area contributed by atoms with Crippen LogP contribution in [0.5, 0.6) is 5.75 Å². The van der Waals surface area contributed by atoms with Crippen molar-refractivity contribution in [2.75, 3.05) is 0 Å². The SMILES string of the molecule is O=S(=O)([O-])Oc1ccc([S+](c2ccc(F)cc2)c2ccc(F)cc2)cc1. The molecule has 26 heavy (non-hydrogen) atoms. The van der Waals surface area contributed by atoms with Crippen LogP contribution in [0.15, 0.2) is 87.5 Å². The van der Waals surface area contributed by atoms with Crippen molar-refractivity contribution in [3.05, 3.63) is 84.4 Å². The molecule has 0 spiro atoms. The van der Waals surface area contributed by atoms with E-state index in [1.807, 2.05) is 0 Å². The summed E-state index contributed by atoms with van der Waals surface area (Å²) < 4.78 is 62.9. The molecule has 3 aromatic rings. The van der Waals surface area contributed by atoms with Gasteiger partial charge in [-0.05, 0) is 72.8 Å². The van der Waals surface area contributed by atoms with Gasteiger partial charge >= 0.3 is 0 Å². The maximum Gasteiger partial charge on any atom is 0.262 e. The van der Waals surface area contributed by atoms with Gasteiger partial charge in [-0.15, -0.1) is 0 Å². The first kappa shape index (κ1) is 18.4. The summed E-state index contributed by atoms with van der Waals surface area (Å²) in [4.78, 5) is 2.35. The van der Waals surface area contributed by atoms with Crippen LogP contribution in [-0.2, 0) is 21.3 Å². The van der Waals surface area contributed by atoms with Crippen LogP contribution in [0.4, 0.5) is 8.78 Å². The summed E-state index contributed by atoms with van der Waals surface area (Å²) in [6.07, 6.45) is 0. The Morgan fingerprint density at radius 1 is 0.692 bits per heavy atom. The van der Waals surface area contributed by atoms with Crippen LogP contribution in [-0.4, -0.2) is 13.0 Å². The Hall–Kier alpha value is -2.42. The average Bonchev–Trinajstić information content (AvgIpc) is 2.59. The minimum absolute atomic E-state index is 0.106. The summed E-state index contributed by atoms with van der Waals surface area (Å²) >= 11 is 0. The quantitative estimate of drug-likeness (QED) is 0.374. The summed E-state index contributed by atoms with van der Waals surface area (Å²) in [5.41, 5.74) is 0. The maximum absolute atomic E-state index is 13.3. The lowest BCUT2D eigenvalue weighted by Gasteiger charge is -2.10. The van der Waals surface area contributed by atoms with E-state index in [9.17, 15) is 21.8 Å². The van der Waals surface area contributed by atoms with E-state index in [4.69, 9.17) is 0 Å². The molecule has 0 aromatic heterocycles. The van der Waals surface area contributed by atoms with Crippen molar-refractivity contribution in [3.8, 4) is 5.75 Å². The van der Waals surface area contributed by atoms with E-state index in [0.29, 0.717) is 0 Å². The largest absolute Gasteiger partial charge is 0.716 e. The highest BCUT2D eigenvalue weighted by Crippen LogP contribution is 2.32. The molecule has 3 aromatic carbocycles. The molecule has 0 aliphatic heterocycles.